The number of carbonyl (C=O) groups excluding carboxylic acids is 2. The molecule has 124 valence electrons. The fraction of sp³-hybridized carbons (Fsp3) is 0.438. The van der Waals surface area contributed by atoms with E-state index in [1.165, 1.54) is 6.92 Å². The number of aliphatic carboxylic acids is 1. The molecule has 0 aromatic heterocycles. The van der Waals surface area contributed by atoms with Gasteiger partial charge in [-0.05, 0) is 30.5 Å². The van der Waals surface area contributed by atoms with Gasteiger partial charge in [0.2, 0.25) is 11.8 Å². The van der Waals surface area contributed by atoms with Crippen LogP contribution in [0.5, 0.6) is 0 Å². The van der Waals surface area contributed by atoms with Crippen LogP contribution in [-0.4, -0.2) is 40.9 Å². The number of carbonyl (C=O) groups is 3. The van der Waals surface area contributed by atoms with Crippen LogP contribution < -0.4 is 5.32 Å². The van der Waals surface area contributed by atoms with E-state index in [0.717, 1.165) is 4.47 Å². The highest BCUT2D eigenvalue weighted by Gasteiger charge is 2.29. The topological polar surface area (TPSA) is 86.7 Å². The Kier molecular flexibility index (Phi) is 5.76. The summed E-state index contributed by atoms with van der Waals surface area (Å²) >= 11 is 3.30. The van der Waals surface area contributed by atoms with Crippen LogP contribution in [0.1, 0.15) is 31.4 Å². The lowest BCUT2D eigenvalue weighted by atomic mass is 9.95. The van der Waals surface area contributed by atoms with Gasteiger partial charge in [0.15, 0.2) is 6.04 Å². The molecule has 2 amide bonds. The van der Waals surface area contributed by atoms with Gasteiger partial charge in [-0.25, -0.2) is 4.79 Å². The number of hydrogen-bond acceptors (Lipinski definition) is 3. The van der Waals surface area contributed by atoms with E-state index in [9.17, 15) is 19.5 Å². The standard InChI is InChI=1S/C16H19BrN2O4/c1-10(20)19-8-6-12(7-9-19)15(21)18-14(16(22)23)11-2-4-13(17)5-3-11/h2-5,12,14H,6-9H2,1H3,(H,18,21)(H,22,23). The van der Waals surface area contributed by atoms with Crippen LogP contribution in [0.4, 0.5) is 0 Å². The van der Waals surface area contributed by atoms with Crippen LogP contribution in [0.2, 0.25) is 0 Å². The van der Waals surface area contributed by atoms with E-state index >= 15 is 0 Å². The molecule has 6 nitrogen and oxygen atoms in total. The smallest absolute Gasteiger partial charge is 0.330 e. The molecule has 23 heavy (non-hydrogen) atoms. The number of likely N-dealkylation sites (tertiary alicyclic amines) is 1. The van der Waals surface area contributed by atoms with E-state index in [1.807, 2.05) is 0 Å². The zero-order valence-electron chi connectivity index (χ0n) is 12.8. The predicted molar refractivity (Wildman–Crippen MR) is 87.6 cm³/mol. The molecule has 0 radical (unpaired) electrons. The molecule has 1 aliphatic heterocycles. The van der Waals surface area contributed by atoms with Crippen LogP contribution >= 0.6 is 15.9 Å². The fourth-order valence-electron chi connectivity index (χ4n) is 2.66. The summed E-state index contributed by atoms with van der Waals surface area (Å²) in [5.41, 5.74) is 0.523. The summed E-state index contributed by atoms with van der Waals surface area (Å²) in [5, 5.41) is 12.0. The highest BCUT2D eigenvalue weighted by molar-refractivity contribution is 9.10. The maximum Gasteiger partial charge on any atom is 0.330 e. The van der Waals surface area contributed by atoms with Gasteiger partial charge in [-0.3, -0.25) is 9.59 Å². The Bertz CT molecular complexity index is 595. The van der Waals surface area contributed by atoms with Crippen molar-refractivity contribution in [1.29, 1.82) is 0 Å². The Labute approximate surface area is 143 Å². The molecular formula is C16H19BrN2O4. The zero-order valence-corrected chi connectivity index (χ0v) is 14.4. The maximum atomic E-state index is 12.3. The second kappa shape index (κ2) is 7.59. The van der Waals surface area contributed by atoms with Gasteiger partial charge >= 0.3 is 5.97 Å². The minimum Gasteiger partial charge on any atom is -0.479 e. The number of hydrogen-bond donors (Lipinski definition) is 2. The molecule has 1 fully saturated rings. The van der Waals surface area contributed by atoms with Crippen molar-refractivity contribution in [2.45, 2.75) is 25.8 Å². The van der Waals surface area contributed by atoms with Crippen molar-refractivity contribution in [2.24, 2.45) is 5.92 Å². The van der Waals surface area contributed by atoms with Gasteiger partial charge in [-0.15, -0.1) is 0 Å². The Morgan fingerprint density at radius 2 is 1.78 bits per heavy atom. The summed E-state index contributed by atoms with van der Waals surface area (Å²) in [6.07, 6.45) is 1.11. The lowest BCUT2D eigenvalue weighted by Crippen LogP contribution is -2.44. The summed E-state index contributed by atoms with van der Waals surface area (Å²) in [7, 11) is 0. The molecular weight excluding hydrogens is 364 g/mol. The molecule has 1 aromatic carbocycles. The molecule has 2 N–H and O–H groups in total. The highest BCUT2D eigenvalue weighted by atomic mass is 79.9. The quantitative estimate of drug-likeness (QED) is 0.832. The molecule has 1 saturated heterocycles. The second-order valence-corrected chi connectivity index (χ2v) is 6.53. The van der Waals surface area contributed by atoms with Crippen molar-refractivity contribution in [3.8, 4) is 0 Å². The molecule has 0 aliphatic carbocycles. The number of nitrogens with zero attached hydrogens (tertiary/aromatic N) is 1. The van der Waals surface area contributed by atoms with Gasteiger partial charge in [0, 0.05) is 30.4 Å². The average molecular weight is 383 g/mol. The minimum atomic E-state index is -1.10. The monoisotopic (exact) mass is 382 g/mol. The summed E-state index contributed by atoms with van der Waals surface area (Å²) in [6.45, 7) is 2.57. The van der Waals surface area contributed by atoms with Gasteiger partial charge in [-0.2, -0.15) is 0 Å². The average Bonchev–Trinajstić information content (AvgIpc) is 2.53. The number of nitrogens with one attached hydrogen (secondary N) is 1. The first-order chi connectivity index (χ1) is 10.9. The largest absolute Gasteiger partial charge is 0.479 e. The second-order valence-electron chi connectivity index (χ2n) is 5.61. The molecule has 1 aliphatic rings. The molecule has 1 unspecified atom stereocenters. The van der Waals surface area contributed by atoms with E-state index in [1.54, 1.807) is 29.2 Å². The Morgan fingerprint density at radius 3 is 2.26 bits per heavy atom. The third-order valence-electron chi connectivity index (χ3n) is 4.05. The van der Waals surface area contributed by atoms with Gasteiger partial charge < -0.3 is 15.3 Å². The van der Waals surface area contributed by atoms with Crippen LogP contribution in [0, 0.1) is 5.92 Å². The molecule has 1 aromatic rings. The molecule has 0 spiro atoms. The van der Waals surface area contributed by atoms with Crippen molar-refractivity contribution < 1.29 is 19.5 Å². The predicted octanol–water partition coefficient (Wildman–Crippen LogP) is 1.95. The Hall–Kier alpha value is -1.89. The first kappa shape index (κ1) is 17.5. The van der Waals surface area contributed by atoms with Crippen LogP contribution in [0.25, 0.3) is 0 Å². The van der Waals surface area contributed by atoms with E-state index in [0.29, 0.717) is 31.5 Å². The third-order valence-corrected chi connectivity index (χ3v) is 4.58. The van der Waals surface area contributed by atoms with Crippen molar-refractivity contribution >= 4 is 33.7 Å². The summed E-state index contributed by atoms with van der Waals surface area (Å²) in [5.74, 6) is -1.63. The number of carboxylic acids is 1. The van der Waals surface area contributed by atoms with Crippen molar-refractivity contribution in [2.75, 3.05) is 13.1 Å². The fourth-order valence-corrected chi connectivity index (χ4v) is 2.92. The number of benzene rings is 1. The normalized spacial score (nSPS) is 16.7. The lowest BCUT2D eigenvalue weighted by molar-refractivity contribution is -0.143. The first-order valence-electron chi connectivity index (χ1n) is 7.42. The number of rotatable bonds is 4. The van der Waals surface area contributed by atoms with Crippen molar-refractivity contribution in [1.82, 2.24) is 10.2 Å². The van der Waals surface area contributed by atoms with Crippen LogP contribution in [0.15, 0.2) is 28.7 Å². The van der Waals surface area contributed by atoms with E-state index < -0.39 is 12.0 Å². The molecule has 7 heteroatoms. The first-order valence-corrected chi connectivity index (χ1v) is 8.22. The highest BCUT2D eigenvalue weighted by Crippen LogP contribution is 2.21. The van der Waals surface area contributed by atoms with E-state index in [4.69, 9.17) is 0 Å². The molecule has 0 bridgehead atoms. The minimum absolute atomic E-state index is 0.00198. The molecule has 2 rings (SSSR count). The maximum absolute atomic E-state index is 12.3. The Morgan fingerprint density at radius 1 is 1.22 bits per heavy atom. The molecule has 1 heterocycles. The molecule has 1 atom stereocenters. The van der Waals surface area contributed by atoms with Gasteiger partial charge in [0.05, 0.1) is 0 Å². The SMILES string of the molecule is CC(=O)N1CCC(C(=O)NC(C(=O)O)c2ccc(Br)cc2)CC1. The van der Waals surface area contributed by atoms with Crippen LogP contribution in [0.3, 0.4) is 0 Å². The Balaban J connectivity index is 2.00. The summed E-state index contributed by atoms with van der Waals surface area (Å²) < 4.78 is 0.841. The van der Waals surface area contributed by atoms with Crippen molar-refractivity contribution in [3.05, 3.63) is 34.3 Å². The number of carboxylic acid groups (broad SMARTS) is 1. The lowest BCUT2D eigenvalue weighted by Gasteiger charge is -2.31. The summed E-state index contributed by atoms with van der Waals surface area (Å²) in [4.78, 5) is 36.8. The van der Waals surface area contributed by atoms with Gasteiger partial charge in [0.25, 0.3) is 0 Å². The van der Waals surface area contributed by atoms with E-state index in [2.05, 4.69) is 21.2 Å². The number of amides is 2. The zero-order chi connectivity index (χ0) is 17.0. The number of piperidine rings is 1. The van der Waals surface area contributed by atoms with E-state index in [-0.39, 0.29) is 17.7 Å². The number of halogens is 1. The van der Waals surface area contributed by atoms with Gasteiger partial charge in [-0.1, -0.05) is 28.1 Å². The molecule has 0 saturated carbocycles. The van der Waals surface area contributed by atoms with Crippen LogP contribution in [-0.2, 0) is 14.4 Å². The van der Waals surface area contributed by atoms with Gasteiger partial charge in [0.1, 0.15) is 0 Å². The summed E-state index contributed by atoms with van der Waals surface area (Å²) in [6, 6.07) is 5.75. The van der Waals surface area contributed by atoms with Crippen molar-refractivity contribution in [3.63, 3.8) is 0 Å². The third kappa shape index (κ3) is 4.54.